The molecule has 0 fully saturated rings. The summed E-state index contributed by atoms with van der Waals surface area (Å²) >= 11 is 1.98. The number of thioether (sulfide) groups is 1. The lowest BCUT2D eigenvalue weighted by Crippen LogP contribution is -2.28. The van der Waals surface area contributed by atoms with Crippen molar-refractivity contribution in [2.24, 2.45) is 0 Å². The topological polar surface area (TPSA) is 51.0 Å². The maximum atomic E-state index is 4.99. The molecule has 0 bridgehead atoms. The van der Waals surface area contributed by atoms with Crippen molar-refractivity contribution < 1.29 is 4.52 Å². The normalized spacial score (nSPS) is 18.6. The first kappa shape index (κ1) is 11.7. The van der Waals surface area contributed by atoms with Crippen molar-refractivity contribution in [3.8, 4) is 0 Å². The van der Waals surface area contributed by atoms with Gasteiger partial charge in [0.05, 0.1) is 0 Å². The van der Waals surface area contributed by atoms with Crippen LogP contribution in [0.1, 0.15) is 23.1 Å². The summed E-state index contributed by atoms with van der Waals surface area (Å²) in [5.41, 5.74) is 2.88. The van der Waals surface area contributed by atoms with Crippen molar-refractivity contribution in [3.05, 3.63) is 47.6 Å². The molecule has 1 atom stereocenters. The summed E-state index contributed by atoms with van der Waals surface area (Å²) in [6.45, 7) is 0.863. The van der Waals surface area contributed by atoms with Crippen molar-refractivity contribution in [1.82, 2.24) is 15.5 Å². The van der Waals surface area contributed by atoms with Crippen LogP contribution < -0.4 is 5.32 Å². The fourth-order valence-corrected chi connectivity index (χ4v) is 3.34. The van der Waals surface area contributed by atoms with Crippen LogP contribution in [-0.2, 0) is 12.2 Å². The number of nitrogens with one attached hydrogen (secondary N) is 1. The van der Waals surface area contributed by atoms with Gasteiger partial charge >= 0.3 is 0 Å². The van der Waals surface area contributed by atoms with Crippen LogP contribution in [0.4, 0.5) is 0 Å². The molecule has 1 aliphatic rings. The minimum absolute atomic E-state index is 0.433. The molecule has 0 spiro atoms. The maximum Gasteiger partial charge on any atom is 0.227 e. The van der Waals surface area contributed by atoms with Gasteiger partial charge in [0.2, 0.25) is 5.89 Å². The van der Waals surface area contributed by atoms with E-state index in [4.69, 9.17) is 4.52 Å². The molecular weight excluding hydrogens is 246 g/mol. The molecule has 0 amide bonds. The second-order valence-corrected chi connectivity index (χ2v) is 5.34. The molecule has 0 saturated heterocycles. The molecule has 1 unspecified atom stereocenters. The van der Waals surface area contributed by atoms with Gasteiger partial charge in [0.25, 0.3) is 0 Å². The van der Waals surface area contributed by atoms with Gasteiger partial charge in [-0.15, -0.1) is 0 Å². The minimum Gasteiger partial charge on any atom is -0.340 e. The summed E-state index contributed by atoms with van der Waals surface area (Å²) in [5, 5.41) is 7.17. The number of aromatic nitrogens is 2. The van der Waals surface area contributed by atoms with Gasteiger partial charge in [0, 0.05) is 30.5 Å². The molecule has 4 nitrogen and oxygen atoms in total. The van der Waals surface area contributed by atoms with Gasteiger partial charge in [-0.2, -0.15) is 16.7 Å². The molecule has 18 heavy (non-hydrogen) atoms. The van der Waals surface area contributed by atoms with Crippen LogP contribution in [0.3, 0.4) is 0 Å². The lowest BCUT2D eigenvalue weighted by Gasteiger charge is -2.25. The number of benzene rings is 1. The molecule has 1 aromatic heterocycles. The second kappa shape index (κ2) is 5.54. The molecule has 1 N–H and O–H groups in total. The van der Waals surface area contributed by atoms with Crippen LogP contribution in [-0.4, -0.2) is 22.4 Å². The van der Waals surface area contributed by atoms with Crippen molar-refractivity contribution in [1.29, 1.82) is 0 Å². The fraction of sp³-hybridized carbons (Fsp3) is 0.385. The molecule has 2 heterocycles. The van der Waals surface area contributed by atoms with Crippen molar-refractivity contribution >= 4 is 11.8 Å². The van der Waals surface area contributed by atoms with E-state index >= 15 is 0 Å². The monoisotopic (exact) mass is 261 g/mol. The molecular formula is C13H15N3OS. The number of fused-ring (bicyclic) bond motifs is 1. The lowest BCUT2D eigenvalue weighted by atomic mass is 10.0. The van der Waals surface area contributed by atoms with Crippen molar-refractivity contribution in [3.63, 3.8) is 0 Å². The van der Waals surface area contributed by atoms with Crippen molar-refractivity contribution in [2.75, 3.05) is 12.3 Å². The standard InChI is InChI=1S/C13H15N3OS/c1-2-4-11-10(3-1)7-18-8-12(11)14-6-5-13-15-9-16-17-13/h1-4,9,12,14H,5-8H2. The van der Waals surface area contributed by atoms with Crippen LogP contribution in [0, 0.1) is 0 Å². The van der Waals surface area contributed by atoms with E-state index in [2.05, 4.69) is 39.7 Å². The predicted octanol–water partition coefficient (Wildman–Crippen LogP) is 2.19. The Morgan fingerprint density at radius 2 is 2.33 bits per heavy atom. The smallest absolute Gasteiger partial charge is 0.227 e. The van der Waals surface area contributed by atoms with Crippen LogP contribution in [0.15, 0.2) is 35.1 Å². The molecule has 0 saturated carbocycles. The molecule has 0 radical (unpaired) electrons. The van der Waals surface area contributed by atoms with E-state index in [0.717, 1.165) is 24.5 Å². The predicted molar refractivity (Wildman–Crippen MR) is 71.3 cm³/mol. The third kappa shape index (κ3) is 2.57. The third-order valence-electron chi connectivity index (χ3n) is 3.11. The van der Waals surface area contributed by atoms with E-state index < -0.39 is 0 Å². The van der Waals surface area contributed by atoms with Crippen LogP contribution in [0.5, 0.6) is 0 Å². The summed E-state index contributed by atoms with van der Waals surface area (Å²) in [6.07, 6.45) is 2.23. The Morgan fingerprint density at radius 3 is 3.22 bits per heavy atom. The fourth-order valence-electron chi connectivity index (χ4n) is 2.21. The zero-order valence-corrected chi connectivity index (χ0v) is 10.8. The second-order valence-electron chi connectivity index (χ2n) is 4.31. The Bertz CT molecular complexity index is 501. The molecule has 0 aliphatic carbocycles. The van der Waals surface area contributed by atoms with E-state index in [1.54, 1.807) is 0 Å². The van der Waals surface area contributed by atoms with Crippen LogP contribution in [0.2, 0.25) is 0 Å². The highest BCUT2D eigenvalue weighted by molar-refractivity contribution is 7.98. The summed E-state index contributed by atoms with van der Waals surface area (Å²) in [5.74, 6) is 2.94. The zero-order chi connectivity index (χ0) is 12.2. The molecule has 2 aromatic rings. The van der Waals surface area contributed by atoms with E-state index in [-0.39, 0.29) is 0 Å². The van der Waals surface area contributed by atoms with Crippen molar-refractivity contribution in [2.45, 2.75) is 18.2 Å². The Labute approximate surface area is 110 Å². The van der Waals surface area contributed by atoms with E-state index in [9.17, 15) is 0 Å². The lowest BCUT2D eigenvalue weighted by molar-refractivity contribution is 0.372. The summed E-state index contributed by atoms with van der Waals surface area (Å²) in [4.78, 5) is 4.02. The van der Waals surface area contributed by atoms with Crippen LogP contribution >= 0.6 is 11.8 Å². The largest absolute Gasteiger partial charge is 0.340 e. The van der Waals surface area contributed by atoms with Gasteiger partial charge in [0.1, 0.15) is 0 Å². The van der Waals surface area contributed by atoms with Gasteiger partial charge in [-0.3, -0.25) is 0 Å². The van der Waals surface area contributed by atoms with E-state index in [1.807, 2.05) is 11.8 Å². The zero-order valence-electron chi connectivity index (χ0n) is 10.0. The highest BCUT2D eigenvalue weighted by Crippen LogP contribution is 2.31. The average Bonchev–Trinajstić information content (AvgIpc) is 2.92. The molecule has 3 rings (SSSR count). The summed E-state index contributed by atoms with van der Waals surface area (Å²) < 4.78 is 4.99. The Balaban J connectivity index is 1.60. The Morgan fingerprint density at radius 1 is 1.39 bits per heavy atom. The molecule has 5 heteroatoms. The maximum absolute atomic E-state index is 4.99. The number of hydrogen-bond donors (Lipinski definition) is 1. The summed E-state index contributed by atoms with van der Waals surface area (Å²) in [7, 11) is 0. The van der Waals surface area contributed by atoms with Gasteiger partial charge in [0.15, 0.2) is 6.33 Å². The number of nitrogens with zero attached hydrogens (tertiary/aromatic N) is 2. The number of rotatable bonds is 4. The van der Waals surface area contributed by atoms with Gasteiger partial charge in [-0.05, 0) is 11.1 Å². The summed E-state index contributed by atoms with van der Waals surface area (Å²) in [6, 6.07) is 9.10. The SMILES string of the molecule is c1ccc2c(c1)CSCC2NCCc1ncno1. The Hall–Kier alpha value is -1.33. The van der Waals surface area contributed by atoms with Gasteiger partial charge < -0.3 is 9.84 Å². The highest BCUT2D eigenvalue weighted by atomic mass is 32.2. The minimum atomic E-state index is 0.433. The molecule has 1 aromatic carbocycles. The van der Waals surface area contributed by atoms with E-state index in [1.165, 1.54) is 17.5 Å². The molecule has 94 valence electrons. The highest BCUT2D eigenvalue weighted by Gasteiger charge is 2.19. The Kier molecular flexibility index (Phi) is 3.61. The van der Waals surface area contributed by atoms with E-state index in [0.29, 0.717) is 11.9 Å². The third-order valence-corrected chi connectivity index (χ3v) is 4.19. The average molecular weight is 261 g/mol. The van der Waals surface area contributed by atoms with Gasteiger partial charge in [-0.25, -0.2) is 0 Å². The van der Waals surface area contributed by atoms with Gasteiger partial charge in [-0.1, -0.05) is 29.4 Å². The first-order chi connectivity index (χ1) is 8.93. The number of hydrogen-bond acceptors (Lipinski definition) is 5. The van der Waals surface area contributed by atoms with Crippen LogP contribution in [0.25, 0.3) is 0 Å². The quantitative estimate of drug-likeness (QED) is 0.914. The first-order valence-electron chi connectivity index (χ1n) is 6.08. The first-order valence-corrected chi connectivity index (χ1v) is 7.23. The molecule has 1 aliphatic heterocycles.